The lowest BCUT2D eigenvalue weighted by Gasteiger charge is -2.41. The van der Waals surface area contributed by atoms with Crippen molar-refractivity contribution in [2.45, 2.75) is 43.7 Å². The second-order valence-corrected chi connectivity index (χ2v) is 9.46. The van der Waals surface area contributed by atoms with Crippen LogP contribution in [-0.4, -0.2) is 59.8 Å². The van der Waals surface area contributed by atoms with Crippen LogP contribution in [-0.2, 0) is 4.74 Å². The van der Waals surface area contributed by atoms with Gasteiger partial charge in [-0.25, -0.2) is 9.97 Å². The van der Waals surface area contributed by atoms with Gasteiger partial charge in [0.1, 0.15) is 17.5 Å². The fourth-order valence-corrected chi connectivity index (χ4v) is 5.53. The van der Waals surface area contributed by atoms with Crippen LogP contribution in [0.4, 0.5) is 17.5 Å². The molecule has 4 saturated heterocycles. The lowest BCUT2D eigenvalue weighted by molar-refractivity contribution is -0.0712. The summed E-state index contributed by atoms with van der Waals surface area (Å²) >= 11 is 0. The highest BCUT2D eigenvalue weighted by atomic mass is 16.5. The van der Waals surface area contributed by atoms with Crippen LogP contribution in [0.1, 0.15) is 42.7 Å². The Morgan fingerprint density at radius 3 is 2.58 bits per heavy atom. The van der Waals surface area contributed by atoms with Crippen LogP contribution in [0, 0.1) is 17.2 Å². The molecule has 0 amide bonds. The molecule has 6 heterocycles. The lowest BCUT2D eigenvalue weighted by Crippen LogP contribution is -2.51. The third-order valence-electron chi connectivity index (χ3n) is 7.52. The van der Waals surface area contributed by atoms with Gasteiger partial charge in [-0.15, -0.1) is 0 Å². The van der Waals surface area contributed by atoms with Gasteiger partial charge in [0.15, 0.2) is 0 Å². The monoisotopic (exact) mass is 416 g/mol. The Bertz CT molecular complexity index is 1000. The summed E-state index contributed by atoms with van der Waals surface area (Å²) in [6.07, 6.45) is 6.63. The minimum Gasteiger partial charge on any atom is -0.378 e. The molecule has 2 bridgehead atoms. The molecule has 160 valence electrons. The molecule has 0 atom stereocenters. The summed E-state index contributed by atoms with van der Waals surface area (Å²) < 4.78 is 5.39. The van der Waals surface area contributed by atoms with Crippen LogP contribution in [0.5, 0.6) is 0 Å². The first kappa shape index (κ1) is 19.0. The lowest BCUT2D eigenvalue weighted by atomic mass is 9.86. The van der Waals surface area contributed by atoms with Crippen molar-refractivity contribution in [1.29, 1.82) is 5.26 Å². The molecule has 1 saturated carbocycles. The Morgan fingerprint density at radius 1 is 1.06 bits per heavy atom. The molecule has 4 aliphatic heterocycles. The number of nitrogens with one attached hydrogen (secondary N) is 1. The van der Waals surface area contributed by atoms with Crippen LogP contribution in [0.2, 0.25) is 0 Å². The Kier molecular flexibility index (Phi) is 4.77. The average molecular weight is 417 g/mol. The van der Waals surface area contributed by atoms with Gasteiger partial charge >= 0.3 is 0 Å². The zero-order chi connectivity index (χ0) is 20.8. The van der Waals surface area contributed by atoms with Gasteiger partial charge in [0.25, 0.3) is 0 Å². The molecule has 0 radical (unpaired) electrons. The molecule has 5 aliphatic rings. The second-order valence-electron chi connectivity index (χ2n) is 9.46. The molecular weight excluding hydrogens is 388 g/mol. The summed E-state index contributed by atoms with van der Waals surface area (Å²) in [4.78, 5) is 14.4. The second kappa shape index (κ2) is 7.77. The van der Waals surface area contributed by atoms with Gasteiger partial charge in [0.2, 0.25) is 0 Å². The molecule has 0 spiro atoms. The largest absolute Gasteiger partial charge is 0.378 e. The molecule has 2 aromatic rings. The smallest absolute Gasteiger partial charge is 0.134 e. The molecule has 1 aliphatic carbocycles. The molecule has 0 unspecified atom stereocenters. The minimum absolute atomic E-state index is 0.551. The molecule has 7 rings (SSSR count). The van der Waals surface area contributed by atoms with Crippen LogP contribution < -0.4 is 10.2 Å². The van der Waals surface area contributed by atoms with E-state index < -0.39 is 0 Å². The summed E-state index contributed by atoms with van der Waals surface area (Å²) in [7, 11) is 0. The van der Waals surface area contributed by atoms with Gasteiger partial charge < -0.3 is 15.0 Å². The highest BCUT2D eigenvalue weighted by molar-refractivity contribution is 5.60. The quantitative estimate of drug-likeness (QED) is 0.801. The predicted octanol–water partition coefficient (Wildman–Crippen LogP) is 3.27. The third kappa shape index (κ3) is 3.64. The molecule has 2 aromatic heterocycles. The standard InChI is InChI=1S/C24H28N6O/c25-12-16-1-4-26-22(9-16)27-23-10-19(11-24(28-23)30-13-17-7-20(30)8-17)18-2-5-29(6-3-18)21-14-31-15-21/h1,4,9-11,17-18,20-21H,2-3,5-8,13-15H2,(H,26,27,28). The summed E-state index contributed by atoms with van der Waals surface area (Å²) in [6, 6.07) is 11.5. The fraction of sp³-hybridized carbons (Fsp3) is 0.542. The Hall–Kier alpha value is -2.69. The van der Waals surface area contributed by atoms with E-state index in [9.17, 15) is 5.26 Å². The SMILES string of the molecule is N#Cc1ccnc(Nc2cc(C3CCN(C4COC4)CC3)cc(N3CC4CC3C4)n2)c1. The van der Waals surface area contributed by atoms with Crippen LogP contribution in [0.15, 0.2) is 30.5 Å². The third-order valence-corrected chi connectivity index (χ3v) is 7.52. The van der Waals surface area contributed by atoms with E-state index in [-0.39, 0.29) is 0 Å². The number of rotatable bonds is 5. The Balaban J connectivity index is 1.26. The zero-order valence-electron chi connectivity index (χ0n) is 17.7. The van der Waals surface area contributed by atoms with E-state index in [1.807, 2.05) is 0 Å². The van der Waals surface area contributed by atoms with Gasteiger partial charge in [-0.1, -0.05) is 0 Å². The van der Waals surface area contributed by atoms with Crippen molar-refractivity contribution >= 4 is 17.5 Å². The van der Waals surface area contributed by atoms with E-state index in [0.29, 0.717) is 29.4 Å². The van der Waals surface area contributed by atoms with Crippen LogP contribution >= 0.6 is 0 Å². The van der Waals surface area contributed by atoms with Gasteiger partial charge in [-0.05, 0) is 80.4 Å². The number of nitrogens with zero attached hydrogens (tertiary/aromatic N) is 5. The number of hydrogen-bond donors (Lipinski definition) is 1. The number of nitriles is 1. The van der Waals surface area contributed by atoms with E-state index in [1.165, 1.54) is 31.2 Å². The number of piperidine rings is 1. The van der Waals surface area contributed by atoms with Crippen molar-refractivity contribution in [3.8, 4) is 6.07 Å². The highest BCUT2D eigenvalue weighted by Gasteiger charge is 2.43. The first-order valence-corrected chi connectivity index (χ1v) is 11.5. The minimum atomic E-state index is 0.551. The molecule has 0 aromatic carbocycles. The van der Waals surface area contributed by atoms with E-state index in [4.69, 9.17) is 9.72 Å². The number of fused-ring (bicyclic) bond motifs is 1. The maximum atomic E-state index is 9.21. The first-order valence-electron chi connectivity index (χ1n) is 11.5. The maximum Gasteiger partial charge on any atom is 0.134 e. The molecule has 7 nitrogen and oxygen atoms in total. The molecule has 31 heavy (non-hydrogen) atoms. The van der Waals surface area contributed by atoms with Gasteiger partial charge in [-0.3, -0.25) is 4.90 Å². The number of ether oxygens (including phenoxy) is 1. The highest BCUT2D eigenvalue weighted by Crippen LogP contribution is 2.44. The molecule has 1 N–H and O–H groups in total. The fourth-order valence-electron chi connectivity index (χ4n) is 5.53. The van der Waals surface area contributed by atoms with Gasteiger partial charge in [0, 0.05) is 18.8 Å². The van der Waals surface area contributed by atoms with Crippen molar-refractivity contribution < 1.29 is 4.74 Å². The average Bonchev–Trinajstić information content (AvgIpc) is 3.35. The van der Waals surface area contributed by atoms with Crippen molar-refractivity contribution in [1.82, 2.24) is 14.9 Å². The van der Waals surface area contributed by atoms with E-state index in [1.54, 1.807) is 18.3 Å². The number of likely N-dealkylation sites (tertiary alicyclic amines) is 1. The van der Waals surface area contributed by atoms with E-state index in [0.717, 1.165) is 50.4 Å². The first-order chi connectivity index (χ1) is 15.2. The van der Waals surface area contributed by atoms with Crippen molar-refractivity contribution in [3.05, 3.63) is 41.6 Å². The number of aromatic nitrogens is 2. The topological polar surface area (TPSA) is 77.3 Å². The normalized spacial score (nSPS) is 26.2. The Morgan fingerprint density at radius 2 is 1.90 bits per heavy atom. The van der Waals surface area contributed by atoms with Gasteiger partial charge in [0.05, 0.1) is 30.9 Å². The number of pyridine rings is 2. The predicted molar refractivity (Wildman–Crippen MR) is 118 cm³/mol. The van der Waals surface area contributed by atoms with Gasteiger partial charge in [-0.2, -0.15) is 5.26 Å². The van der Waals surface area contributed by atoms with E-state index >= 15 is 0 Å². The van der Waals surface area contributed by atoms with Crippen molar-refractivity contribution in [2.24, 2.45) is 5.92 Å². The molecule has 5 fully saturated rings. The maximum absolute atomic E-state index is 9.21. The van der Waals surface area contributed by atoms with E-state index in [2.05, 4.69) is 38.3 Å². The summed E-state index contributed by atoms with van der Waals surface area (Å²) in [6.45, 7) is 5.19. The summed E-state index contributed by atoms with van der Waals surface area (Å²) in [5, 5.41) is 12.6. The zero-order valence-corrected chi connectivity index (χ0v) is 17.7. The molecule has 7 heteroatoms. The molecular formula is C24H28N6O. The van der Waals surface area contributed by atoms with Crippen molar-refractivity contribution in [3.63, 3.8) is 0 Å². The summed E-state index contributed by atoms with van der Waals surface area (Å²) in [5.74, 6) is 3.98. The van der Waals surface area contributed by atoms with Crippen molar-refractivity contribution in [2.75, 3.05) is 43.1 Å². The summed E-state index contributed by atoms with van der Waals surface area (Å²) in [5.41, 5.74) is 1.97. The number of anilines is 3. The number of hydrogen-bond acceptors (Lipinski definition) is 7. The Labute approximate surface area is 183 Å². The van der Waals surface area contributed by atoms with Crippen LogP contribution in [0.3, 0.4) is 0 Å². The van der Waals surface area contributed by atoms with Crippen LogP contribution in [0.25, 0.3) is 0 Å².